The van der Waals surface area contributed by atoms with Crippen molar-refractivity contribution in [3.05, 3.63) is 64.7 Å². The molecular weight excluding hydrogens is 276 g/mol. The van der Waals surface area contributed by atoms with E-state index in [4.69, 9.17) is 11.6 Å². The molecule has 3 heteroatoms. The topological polar surface area (TPSA) is 17.1 Å². The number of aryl methyl sites for hydroxylation is 1. The normalized spacial score (nSPS) is 10.4. The second-order valence-electron chi connectivity index (χ2n) is 4.40. The van der Waals surface area contributed by atoms with Gasteiger partial charge in [0.1, 0.15) is 5.78 Å². The summed E-state index contributed by atoms with van der Waals surface area (Å²) in [5, 5.41) is 0.678. The maximum absolute atomic E-state index is 11.9. The zero-order valence-corrected chi connectivity index (χ0v) is 12.3. The van der Waals surface area contributed by atoms with Gasteiger partial charge < -0.3 is 0 Å². The number of thioether (sulfide) groups is 1. The Hall–Kier alpha value is -1.25. The fourth-order valence-electron chi connectivity index (χ4n) is 1.80. The van der Waals surface area contributed by atoms with E-state index in [0.29, 0.717) is 17.2 Å². The third-order valence-electron chi connectivity index (χ3n) is 2.77. The zero-order chi connectivity index (χ0) is 13.7. The SMILES string of the molecule is Cc1ccccc1SCC(=O)Cc1cccc(Cl)c1. The molecule has 0 aliphatic carbocycles. The summed E-state index contributed by atoms with van der Waals surface area (Å²) in [6.07, 6.45) is 0.444. The Bertz CT molecular complexity index is 580. The van der Waals surface area contributed by atoms with E-state index < -0.39 is 0 Å². The molecule has 0 aliphatic heterocycles. The Labute approximate surface area is 123 Å². The first kappa shape index (κ1) is 14.2. The molecule has 19 heavy (non-hydrogen) atoms. The maximum atomic E-state index is 11.9. The minimum atomic E-state index is 0.218. The predicted molar refractivity (Wildman–Crippen MR) is 82.1 cm³/mol. The maximum Gasteiger partial charge on any atom is 0.147 e. The molecule has 0 saturated heterocycles. The van der Waals surface area contributed by atoms with Crippen LogP contribution in [0.1, 0.15) is 11.1 Å². The standard InChI is InChI=1S/C16H15ClOS/c1-12-5-2-3-8-16(12)19-11-15(18)10-13-6-4-7-14(17)9-13/h2-9H,10-11H2,1H3. The number of benzene rings is 2. The molecule has 2 aromatic carbocycles. The summed E-state index contributed by atoms with van der Waals surface area (Å²) in [5.74, 6) is 0.715. The fraction of sp³-hybridized carbons (Fsp3) is 0.188. The quantitative estimate of drug-likeness (QED) is 0.751. The highest BCUT2D eigenvalue weighted by Gasteiger charge is 2.06. The number of carbonyl (C=O) groups excluding carboxylic acids is 1. The van der Waals surface area contributed by atoms with Crippen LogP contribution >= 0.6 is 23.4 Å². The molecule has 0 saturated carbocycles. The highest BCUT2D eigenvalue weighted by atomic mass is 35.5. The van der Waals surface area contributed by atoms with Crippen molar-refractivity contribution in [3.63, 3.8) is 0 Å². The summed E-state index contributed by atoms with van der Waals surface area (Å²) in [6.45, 7) is 2.06. The number of hydrogen-bond acceptors (Lipinski definition) is 2. The summed E-state index contributed by atoms with van der Waals surface area (Å²) in [5.41, 5.74) is 2.19. The largest absolute Gasteiger partial charge is 0.298 e. The van der Waals surface area contributed by atoms with Gasteiger partial charge in [0.2, 0.25) is 0 Å². The van der Waals surface area contributed by atoms with Crippen LogP contribution < -0.4 is 0 Å². The van der Waals surface area contributed by atoms with E-state index in [9.17, 15) is 4.79 Å². The summed E-state index contributed by atoms with van der Waals surface area (Å²) >= 11 is 7.50. The number of ketones is 1. The van der Waals surface area contributed by atoms with Gasteiger partial charge in [0.15, 0.2) is 0 Å². The molecule has 0 amide bonds. The lowest BCUT2D eigenvalue weighted by Crippen LogP contribution is -2.05. The van der Waals surface area contributed by atoms with E-state index in [1.807, 2.05) is 42.5 Å². The second kappa shape index (κ2) is 6.78. The molecule has 0 radical (unpaired) electrons. The van der Waals surface area contributed by atoms with Gasteiger partial charge in [-0.15, -0.1) is 11.8 Å². The zero-order valence-electron chi connectivity index (χ0n) is 10.7. The average molecular weight is 291 g/mol. The Morgan fingerprint density at radius 2 is 1.95 bits per heavy atom. The van der Waals surface area contributed by atoms with E-state index in [-0.39, 0.29) is 5.78 Å². The molecule has 0 aromatic heterocycles. The van der Waals surface area contributed by atoms with Gasteiger partial charge in [-0.25, -0.2) is 0 Å². The smallest absolute Gasteiger partial charge is 0.147 e. The van der Waals surface area contributed by atoms with Gasteiger partial charge in [0.25, 0.3) is 0 Å². The highest BCUT2D eigenvalue weighted by Crippen LogP contribution is 2.22. The monoisotopic (exact) mass is 290 g/mol. The minimum absolute atomic E-state index is 0.218. The molecule has 0 fully saturated rings. The third-order valence-corrected chi connectivity index (χ3v) is 4.24. The van der Waals surface area contributed by atoms with Crippen LogP contribution in [0.4, 0.5) is 0 Å². The lowest BCUT2D eigenvalue weighted by molar-refractivity contribution is -0.116. The van der Waals surface area contributed by atoms with Crippen LogP contribution in [0, 0.1) is 6.92 Å². The Kier molecular flexibility index (Phi) is 5.06. The number of halogens is 1. The molecule has 0 unspecified atom stereocenters. The highest BCUT2D eigenvalue weighted by molar-refractivity contribution is 8.00. The van der Waals surface area contributed by atoms with Crippen LogP contribution in [0.3, 0.4) is 0 Å². The van der Waals surface area contributed by atoms with E-state index >= 15 is 0 Å². The van der Waals surface area contributed by atoms with Crippen molar-refractivity contribution in [3.8, 4) is 0 Å². The molecule has 0 N–H and O–H groups in total. The second-order valence-corrected chi connectivity index (χ2v) is 5.85. The third kappa shape index (κ3) is 4.41. The molecule has 0 bridgehead atoms. The van der Waals surface area contributed by atoms with Crippen LogP contribution in [0.25, 0.3) is 0 Å². The van der Waals surface area contributed by atoms with Crippen LogP contribution in [0.15, 0.2) is 53.4 Å². The van der Waals surface area contributed by atoms with Crippen LogP contribution in [-0.4, -0.2) is 11.5 Å². The minimum Gasteiger partial charge on any atom is -0.298 e. The van der Waals surface area contributed by atoms with Crippen molar-refractivity contribution in [2.75, 3.05) is 5.75 Å². The van der Waals surface area contributed by atoms with E-state index in [1.54, 1.807) is 11.8 Å². The van der Waals surface area contributed by atoms with Crippen molar-refractivity contribution >= 4 is 29.1 Å². The molecule has 0 atom stereocenters. The summed E-state index contributed by atoms with van der Waals surface area (Å²) in [6, 6.07) is 15.6. The van der Waals surface area contributed by atoms with Gasteiger partial charge in [-0.1, -0.05) is 41.9 Å². The molecule has 0 spiro atoms. The van der Waals surface area contributed by atoms with Crippen molar-refractivity contribution in [1.82, 2.24) is 0 Å². The van der Waals surface area contributed by atoms with Gasteiger partial charge in [0, 0.05) is 16.3 Å². The van der Waals surface area contributed by atoms with Crippen molar-refractivity contribution in [2.45, 2.75) is 18.2 Å². The molecule has 1 nitrogen and oxygen atoms in total. The van der Waals surface area contributed by atoms with E-state index in [0.717, 1.165) is 5.56 Å². The van der Waals surface area contributed by atoms with E-state index in [1.165, 1.54) is 10.5 Å². The summed E-state index contributed by atoms with van der Waals surface area (Å²) < 4.78 is 0. The van der Waals surface area contributed by atoms with Gasteiger partial charge in [0.05, 0.1) is 5.75 Å². The van der Waals surface area contributed by atoms with Crippen LogP contribution in [0.2, 0.25) is 5.02 Å². The lowest BCUT2D eigenvalue weighted by atomic mass is 10.1. The van der Waals surface area contributed by atoms with E-state index in [2.05, 4.69) is 13.0 Å². The Morgan fingerprint density at radius 3 is 2.68 bits per heavy atom. The number of carbonyl (C=O) groups is 1. The predicted octanol–water partition coefficient (Wildman–Crippen LogP) is 4.55. The molecule has 2 aromatic rings. The number of hydrogen-bond donors (Lipinski definition) is 0. The molecule has 2 rings (SSSR count). The molecule has 98 valence electrons. The average Bonchev–Trinajstić information content (AvgIpc) is 2.38. The van der Waals surface area contributed by atoms with Crippen molar-refractivity contribution < 1.29 is 4.79 Å². The first-order valence-corrected chi connectivity index (χ1v) is 7.46. The Balaban J connectivity index is 1.90. The molecule has 0 heterocycles. The van der Waals surface area contributed by atoms with Crippen molar-refractivity contribution in [2.24, 2.45) is 0 Å². The molecular formula is C16H15ClOS. The summed E-state index contributed by atoms with van der Waals surface area (Å²) in [4.78, 5) is 13.1. The number of rotatable bonds is 5. The van der Waals surface area contributed by atoms with Gasteiger partial charge in [-0.2, -0.15) is 0 Å². The first-order valence-electron chi connectivity index (χ1n) is 6.10. The first-order chi connectivity index (χ1) is 9.15. The summed E-state index contributed by atoms with van der Waals surface area (Å²) in [7, 11) is 0. The van der Waals surface area contributed by atoms with Gasteiger partial charge in [-0.05, 0) is 36.2 Å². The Morgan fingerprint density at radius 1 is 1.16 bits per heavy atom. The molecule has 0 aliphatic rings. The van der Waals surface area contributed by atoms with Crippen molar-refractivity contribution in [1.29, 1.82) is 0 Å². The number of Topliss-reactive ketones (excluding diaryl/α,β-unsaturated/α-hetero) is 1. The van der Waals surface area contributed by atoms with Gasteiger partial charge in [-0.3, -0.25) is 4.79 Å². The van der Waals surface area contributed by atoms with Crippen LogP contribution in [0.5, 0.6) is 0 Å². The van der Waals surface area contributed by atoms with Crippen LogP contribution in [-0.2, 0) is 11.2 Å². The lowest BCUT2D eigenvalue weighted by Gasteiger charge is -2.05. The fourth-order valence-corrected chi connectivity index (χ4v) is 2.90. The van der Waals surface area contributed by atoms with Gasteiger partial charge >= 0.3 is 0 Å².